The van der Waals surface area contributed by atoms with Crippen molar-refractivity contribution in [1.82, 2.24) is 9.78 Å². The molecule has 0 bridgehead atoms. The number of carbonyl (C=O) groups is 1. The Morgan fingerprint density at radius 1 is 1.43 bits per heavy atom. The van der Waals surface area contributed by atoms with Crippen LogP contribution in [0.25, 0.3) is 5.69 Å². The first kappa shape index (κ1) is 8.62. The van der Waals surface area contributed by atoms with Crippen molar-refractivity contribution < 1.29 is 9.18 Å². The van der Waals surface area contributed by atoms with Gasteiger partial charge in [0.2, 0.25) is 0 Å². The minimum atomic E-state index is -0.401. The lowest BCUT2D eigenvalue weighted by Gasteiger charge is -2.00. The summed E-state index contributed by atoms with van der Waals surface area (Å²) < 4.78 is 14.0. The molecule has 0 amide bonds. The molecule has 0 saturated carbocycles. The number of halogens is 1. The van der Waals surface area contributed by atoms with Gasteiger partial charge in [0.1, 0.15) is 6.29 Å². The van der Waals surface area contributed by atoms with Gasteiger partial charge in [-0.1, -0.05) is 12.1 Å². The van der Waals surface area contributed by atoms with Gasteiger partial charge in [0.15, 0.2) is 5.82 Å². The van der Waals surface area contributed by atoms with E-state index >= 15 is 0 Å². The zero-order valence-corrected chi connectivity index (χ0v) is 7.22. The molecule has 0 spiro atoms. The smallest absolute Gasteiger partial charge is 0.161 e. The first-order valence-electron chi connectivity index (χ1n) is 4.05. The maximum atomic E-state index is 12.6. The topological polar surface area (TPSA) is 34.9 Å². The molecule has 2 rings (SSSR count). The van der Waals surface area contributed by atoms with E-state index < -0.39 is 5.82 Å². The van der Waals surface area contributed by atoms with Crippen LogP contribution >= 0.6 is 0 Å². The highest BCUT2D eigenvalue weighted by Gasteiger charge is 2.00. The molecule has 0 aliphatic carbocycles. The van der Waals surface area contributed by atoms with Gasteiger partial charge in [-0.3, -0.25) is 4.79 Å². The fourth-order valence-corrected chi connectivity index (χ4v) is 1.18. The average Bonchev–Trinajstić information content (AvgIpc) is 2.65. The summed E-state index contributed by atoms with van der Waals surface area (Å²) in [6.07, 6.45) is 3.11. The zero-order valence-electron chi connectivity index (χ0n) is 7.22. The van der Waals surface area contributed by atoms with E-state index in [1.54, 1.807) is 24.3 Å². The summed E-state index contributed by atoms with van der Waals surface area (Å²) in [4.78, 5) is 10.5. The normalized spacial score (nSPS) is 10.1. The summed E-state index contributed by atoms with van der Waals surface area (Å²) in [5, 5.41) is 3.79. The maximum absolute atomic E-state index is 12.6. The molecule has 3 nitrogen and oxygen atoms in total. The van der Waals surface area contributed by atoms with Crippen LogP contribution in [0.4, 0.5) is 4.39 Å². The van der Waals surface area contributed by atoms with Gasteiger partial charge in [-0.15, -0.1) is 0 Å². The van der Waals surface area contributed by atoms with Crippen molar-refractivity contribution >= 4 is 6.29 Å². The van der Waals surface area contributed by atoms with Crippen molar-refractivity contribution in [2.75, 3.05) is 0 Å². The average molecular weight is 190 g/mol. The SMILES string of the molecule is O=Cc1cccc(-n2cc(F)cn2)c1. The van der Waals surface area contributed by atoms with Crippen LogP contribution in [-0.4, -0.2) is 16.1 Å². The third-order valence-corrected chi connectivity index (χ3v) is 1.82. The van der Waals surface area contributed by atoms with E-state index in [1.807, 2.05) is 0 Å². The van der Waals surface area contributed by atoms with Crippen LogP contribution in [0.3, 0.4) is 0 Å². The van der Waals surface area contributed by atoms with Gasteiger partial charge >= 0.3 is 0 Å². The molecular weight excluding hydrogens is 183 g/mol. The largest absolute Gasteiger partial charge is 0.298 e. The minimum Gasteiger partial charge on any atom is -0.298 e. The third kappa shape index (κ3) is 1.54. The first-order valence-corrected chi connectivity index (χ1v) is 4.05. The van der Waals surface area contributed by atoms with Crippen LogP contribution in [0.1, 0.15) is 10.4 Å². The second-order valence-electron chi connectivity index (χ2n) is 2.82. The van der Waals surface area contributed by atoms with E-state index in [-0.39, 0.29) is 0 Å². The zero-order chi connectivity index (χ0) is 9.97. The van der Waals surface area contributed by atoms with Crippen LogP contribution in [-0.2, 0) is 0 Å². The summed E-state index contributed by atoms with van der Waals surface area (Å²) in [6, 6.07) is 6.79. The predicted octanol–water partition coefficient (Wildman–Crippen LogP) is 1.82. The van der Waals surface area contributed by atoms with E-state index in [1.165, 1.54) is 10.9 Å². The molecule has 0 aliphatic rings. The second kappa shape index (κ2) is 3.41. The van der Waals surface area contributed by atoms with E-state index in [0.29, 0.717) is 11.3 Å². The number of rotatable bonds is 2. The van der Waals surface area contributed by atoms with Crippen molar-refractivity contribution in [3.8, 4) is 5.69 Å². The lowest BCUT2D eigenvalue weighted by molar-refractivity contribution is 0.112. The molecule has 0 saturated heterocycles. The Labute approximate surface area is 79.8 Å². The summed E-state index contributed by atoms with van der Waals surface area (Å²) in [5.41, 5.74) is 1.21. The van der Waals surface area contributed by atoms with Gasteiger partial charge in [-0.05, 0) is 12.1 Å². The van der Waals surface area contributed by atoms with E-state index in [9.17, 15) is 9.18 Å². The Kier molecular flexibility index (Phi) is 2.10. The van der Waals surface area contributed by atoms with Gasteiger partial charge in [0, 0.05) is 5.56 Å². The first-order chi connectivity index (χ1) is 6.79. The van der Waals surface area contributed by atoms with Crippen molar-refractivity contribution in [3.63, 3.8) is 0 Å². The molecule has 14 heavy (non-hydrogen) atoms. The Balaban J connectivity index is 2.46. The molecule has 70 valence electrons. The second-order valence-corrected chi connectivity index (χ2v) is 2.82. The van der Waals surface area contributed by atoms with Gasteiger partial charge in [0.05, 0.1) is 18.1 Å². The standard InChI is InChI=1S/C10H7FN2O/c11-9-5-12-13(6-9)10-3-1-2-8(4-10)7-14/h1-7H. The van der Waals surface area contributed by atoms with Crippen LogP contribution in [0.5, 0.6) is 0 Å². The lowest BCUT2D eigenvalue weighted by atomic mass is 10.2. The molecule has 0 unspecified atom stereocenters. The fraction of sp³-hybridized carbons (Fsp3) is 0. The van der Waals surface area contributed by atoms with E-state index in [0.717, 1.165) is 12.5 Å². The molecule has 1 aromatic carbocycles. The van der Waals surface area contributed by atoms with Gasteiger partial charge in [0.25, 0.3) is 0 Å². The number of nitrogens with zero attached hydrogens (tertiary/aromatic N) is 2. The maximum Gasteiger partial charge on any atom is 0.161 e. The lowest BCUT2D eigenvalue weighted by Crippen LogP contribution is -1.94. The Morgan fingerprint density at radius 2 is 2.29 bits per heavy atom. The molecule has 0 aliphatic heterocycles. The summed E-state index contributed by atoms with van der Waals surface area (Å²) >= 11 is 0. The highest BCUT2D eigenvalue weighted by atomic mass is 19.1. The molecule has 0 radical (unpaired) electrons. The van der Waals surface area contributed by atoms with Gasteiger partial charge < -0.3 is 0 Å². The highest BCUT2D eigenvalue weighted by Crippen LogP contribution is 2.09. The van der Waals surface area contributed by atoms with Crippen LogP contribution in [0, 0.1) is 5.82 Å². The van der Waals surface area contributed by atoms with Gasteiger partial charge in [-0.2, -0.15) is 5.10 Å². The summed E-state index contributed by atoms with van der Waals surface area (Å²) in [6.45, 7) is 0. The Morgan fingerprint density at radius 3 is 2.93 bits per heavy atom. The monoisotopic (exact) mass is 190 g/mol. The summed E-state index contributed by atoms with van der Waals surface area (Å²) in [5.74, 6) is -0.401. The Bertz CT molecular complexity index is 465. The molecule has 4 heteroatoms. The van der Waals surface area contributed by atoms with Crippen LogP contribution in [0.2, 0.25) is 0 Å². The van der Waals surface area contributed by atoms with Crippen molar-refractivity contribution in [3.05, 3.63) is 48.0 Å². The van der Waals surface area contributed by atoms with Gasteiger partial charge in [-0.25, -0.2) is 9.07 Å². The number of carbonyl (C=O) groups excluding carboxylic acids is 1. The molecule has 0 atom stereocenters. The molecule has 2 aromatic rings. The number of hydrogen-bond acceptors (Lipinski definition) is 2. The number of hydrogen-bond donors (Lipinski definition) is 0. The fourth-order valence-electron chi connectivity index (χ4n) is 1.18. The highest BCUT2D eigenvalue weighted by molar-refractivity contribution is 5.75. The molecule has 0 N–H and O–H groups in total. The molecular formula is C10H7FN2O. The van der Waals surface area contributed by atoms with E-state index in [4.69, 9.17) is 0 Å². The number of benzene rings is 1. The van der Waals surface area contributed by atoms with Crippen LogP contribution in [0.15, 0.2) is 36.7 Å². The van der Waals surface area contributed by atoms with Crippen molar-refractivity contribution in [2.45, 2.75) is 0 Å². The predicted molar refractivity (Wildman–Crippen MR) is 48.9 cm³/mol. The minimum absolute atomic E-state index is 0.401. The Hall–Kier alpha value is -1.97. The molecule has 1 aromatic heterocycles. The number of aldehydes is 1. The third-order valence-electron chi connectivity index (χ3n) is 1.82. The van der Waals surface area contributed by atoms with Crippen molar-refractivity contribution in [2.24, 2.45) is 0 Å². The van der Waals surface area contributed by atoms with Crippen molar-refractivity contribution in [1.29, 1.82) is 0 Å². The molecule has 1 heterocycles. The van der Waals surface area contributed by atoms with Crippen LogP contribution < -0.4 is 0 Å². The summed E-state index contributed by atoms with van der Waals surface area (Å²) in [7, 11) is 0. The number of aromatic nitrogens is 2. The van der Waals surface area contributed by atoms with E-state index in [2.05, 4.69) is 5.10 Å². The molecule has 0 fully saturated rings. The quantitative estimate of drug-likeness (QED) is 0.677.